The van der Waals surface area contributed by atoms with E-state index in [1.54, 1.807) is 0 Å². The molecule has 0 aromatic carbocycles. The molecule has 2 aliphatic rings. The maximum absolute atomic E-state index is 5.36. The summed E-state index contributed by atoms with van der Waals surface area (Å²) in [6.07, 6.45) is 2.67. The molecule has 2 rings (SSSR count). The van der Waals surface area contributed by atoms with Gasteiger partial charge in [0.2, 0.25) is 0 Å². The molecule has 0 atom stereocenters. The van der Waals surface area contributed by atoms with Crippen molar-refractivity contribution in [3.63, 3.8) is 0 Å². The number of piperidine rings is 1. The van der Waals surface area contributed by atoms with Crippen LogP contribution in [0.2, 0.25) is 0 Å². The highest BCUT2D eigenvalue weighted by molar-refractivity contribution is 14.1. The van der Waals surface area contributed by atoms with Crippen molar-refractivity contribution in [2.24, 2.45) is 0 Å². The first-order valence-corrected chi connectivity index (χ1v) is 6.05. The lowest BCUT2D eigenvalue weighted by molar-refractivity contribution is 0.00734. The minimum absolute atomic E-state index is 0.829. The van der Waals surface area contributed by atoms with Gasteiger partial charge in [0.05, 0.1) is 13.2 Å². The fraction of sp³-hybridized carbons (Fsp3) is 1.00. The quantitative estimate of drug-likeness (QED) is 0.533. The third-order valence-corrected chi connectivity index (χ3v) is 3.94. The standard InChI is InChI=1S/C9H17IN2O/c10-12-3-1-9(2-4-12)11-5-7-13-8-6-11/h9H,1-8H2. The fourth-order valence-electron chi connectivity index (χ4n) is 2.14. The summed E-state index contributed by atoms with van der Waals surface area (Å²) in [5.74, 6) is 0. The summed E-state index contributed by atoms with van der Waals surface area (Å²) in [7, 11) is 0. The van der Waals surface area contributed by atoms with E-state index in [1.165, 1.54) is 25.9 Å². The van der Waals surface area contributed by atoms with Crippen LogP contribution >= 0.6 is 22.9 Å². The third-order valence-electron chi connectivity index (χ3n) is 2.97. The molecule has 13 heavy (non-hydrogen) atoms. The Morgan fingerprint density at radius 3 is 2.23 bits per heavy atom. The first-order chi connectivity index (χ1) is 6.36. The van der Waals surface area contributed by atoms with Gasteiger partial charge < -0.3 is 4.74 Å². The van der Waals surface area contributed by atoms with Crippen molar-refractivity contribution < 1.29 is 4.74 Å². The van der Waals surface area contributed by atoms with Gasteiger partial charge in [-0.25, -0.2) is 3.11 Å². The second kappa shape index (κ2) is 4.91. The normalized spacial score (nSPS) is 29.3. The summed E-state index contributed by atoms with van der Waals surface area (Å²) in [5, 5.41) is 0. The zero-order valence-corrected chi connectivity index (χ0v) is 10.1. The van der Waals surface area contributed by atoms with Gasteiger partial charge in [0.1, 0.15) is 0 Å². The minimum atomic E-state index is 0.829. The Morgan fingerprint density at radius 1 is 1.00 bits per heavy atom. The Morgan fingerprint density at radius 2 is 1.62 bits per heavy atom. The Labute approximate surface area is 93.9 Å². The Hall–Kier alpha value is 0.610. The largest absolute Gasteiger partial charge is 0.379 e. The van der Waals surface area contributed by atoms with Crippen molar-refractivity contribution in [1.82, 2.24) is 8.01 Å². The maximum Gasteiger partial charge on any atom is 0.0594 e. The second-order valence-corrected chi connectivity index (χ2v) is 5.15. The number of rotatable bonds is 1. The predicted octanol–water partition coefficient (Wildman–Crippen LogP) is 1.13. The molecule has 2 saturated heterocycles. The molecule has 0 aromatic heterocycles. The van der Waals surface area contributed by atoms with Crippen LogP contribution in [0.3, 0.4) is 0 Å². The molecule has 0 amide bonds. The summed E-state index contributed by atoms with van der Waals surface area (Å²) >= 11 is 2.43. The lowest BCUT2D eigenvalue weighted by Crippen LogP contribution is -2.47. The van der Waals surface area contributed by atoms with Gasteiger partial charge in [0.25, 0.3) is 0 Å². The number of morpholine rings is 1. The number of hydrogen-bond donors (Lipinski definition) is 0. The highest BCUT2D eigenvalue weighted by Gasteiger charge is 2.24. The van der Waals surface area contributed by atoms with Crippen LogP contribution in [0.5, 0.6) is 0 Å². The van der Waals surface area contributed by atoms with E-state index < -0.39 is 0 Å². The zero-order valence-electron chi connectivity index (χ0n) is 7.91. The van der Waals surface area contributed by atoms with Crippen molar-refractivity contribution in [2.75, 3.05) is 39.4 Å². The van der Waals surface area contributed by atoms with E-state index in [1.807, 2.05) is 0 Å². The lowest BCUT2D eigenvalue weighted by atomic mass is 10.0. The summed E-state index contributed by atoms with van der Waals surface area (Å²) in [6, 6.07) is 0.829. The first-order valence-electron chi connectivity index (χ1n) is 5.09. The molecule has 76 valence electrons. The van der Waals surface area contributed by atoms with Gasteiger partial charge in [-0.05, 0) is 12.8 Å². The monoisotopic (exact) mass is 296 g/mol. The molecular weight excluding hydrogens is 279 g/mol. The summed E-state index contributed by atoms with van der Waals surface area (Å²) in [4.78, 5) is 2.60. The van der Waals surface area contributed by atoms with Crippen LogP contribution in [0, 0.1) is 0 Å². The smallest absolute Gasteiger partial charge is 0.0594 e. The van der Waals surface area contributed by atoms with Crippen LogP contribution in [0.1, 0.15) is 12.8 Å². The molecular formula is C9H17IN2O. The molecule has 0 saturated carbocycles. The number of ether oxygens (including phenoxy) is 1. The van der Waals surface area contributed by atoms with Crippen molar-refractivity contribution in [2.45, 2.75) is 18.9 Å². The molecule has 3 nitrogen and oxygen atoms in total. The van der Waals surface area contributed by atoms with Crippen LogP contribution in [-0.2, 0) is 4.74 Å². The van der Waals surface area contributed by atoms with E-state index in [0.717, 1.165) is 32.3 Å². The van der Waals surface area contributed by atoms with Gasteiger partial charge in [-0.2, -0.15) is 0 Å². The van der Waals surface area contributed by atoms with Crippen LogP contribution in [0.4, 0.5) is 0 Å². The Kier molecular flexibility index (Phi) is 3.83. The number of nitrogens with zero attached hydrogens (tertiary/aromatic N) is 2. The third kappa shape index (κ3) is 2.78. The molecule has 2 fully saturated rings. The number of hydrogen-bond acceptors (Lipinski definition) is 3. The van der Waals surface area contributed by atoms with Crippen molar-refractivity contribution in [3.05, 3.63) is 0 Å². The Bertz CT molecular complexity index is 154. The van der Waals surface area contributed by atoms with Gasteiger partial charge in [-0.3, -0.25) is 4.90 Å². The Balaban J connectivity index is 1.79. The molecule has 0 aliphatic carbocycles. The molecule has 2 heterocycles. The van der Waals surface area contributed by atoms with Crippen LogP contribution < -0.4 is 0 Å². The topological polar surface area (TPSA) is 15.7 Å². The van der Waals surface area contributed by atoms with Gasteiger partial charge in [0, 0.05) is 55.1 Å². The first kappa shape index (κ1) is 10.1. The van der Waals surface area contributed by atoms with E-state index in [2.05, 4.69) is 30.9 Å². The molecule has 0 spiro atoms. The van der Waals surface area contributed by atoms with Gasteiger partial charge in [-0.15, -0.1) is 0 Å². The molecule has 0 radical (unpaired) electrons. The maximum atomic E-state index is 5.36. The second-order valence-electron chi connectivity index (χ2n) is 3.79. The summed E-state index contributed by atoms with van der Waals surface area (Å²) < 4.78 is 7.76. The van der Waals surface area contributed by atoms with Gasteiger partial charge >= 0.3 is 0 Å². The molecule has 0 unspecified atom stereocenters. The van der Waals surface area contributed by atoms with Crippen LogP contribution in [0.25, 0.3) is 0 Å². The SMILES string of the molecule is IN1CCC(N2CCOCC2)CC1. The zero-order chi connectivity index (χ0) is 9.10. The summed E-state index contributed by atoms with van der Waals surface area (Å²) in [6.45, 7) is 6.66. The molecule has 2 aliphatic heterocycles. The van der Waals surface area contributed by atoms with Crippen molar-refractivity contribution >= 4 is 22.9 Å². The molecule has 0 N–H and O–H groups in total. The highest BCUT2D eigenvalue weighted by Crippen LogP contribution is 2.19. The number of halogens is 1. The minimum Gasteiger partial charge on any atom is -0.379 e. The van der Waals surface area contributed by atoms with Crippen LogP contribution in [0.15, 0.2) is 0 Å². The van der Waals surface area contributed by atoms with Gasteiger partial charge in [0.15, 0.2) is 0 Å². The predicted molar refractivity (Wildman–Crippen MR) is 61.0 cm³/mol. The van der Waals surface area contributed by atoms with Gasteiger partial charge in [-0.1, -0.05) is 0 Å². The van der Waals surface area contributed by atoms with E-state index in [0.29, 0.717) is 0 Å². The molecule has 0 aromatic rings. The van der Waals surface area contributed by atoms with Crippen molar-refractivity contribution in [3.8, 4) is 0 Å². The van der Waals surface area contributed by atoms with E-state index in [9.17, 15) is 0 Å². The lowest BCUT2D eigenvalue weighted by Gasteiger charge is -2.38. The molecule has 4 heteroatoms. The summed E-state index contributed by atoms with van der Waals surface area (Å²) in [5.41, 5.74) is 0. The van der Waals surface area contributed by atoms with E-state index >= 15 is 0 Å². The van der Waals surface area contributed by atoms with E-state index in [4.69, 9.17) is 4.74 Å². The highest BCUT2D eigenvalue weighted by atomic mass is 127. The average Bonchev–Trinajstić information content (AvgIpc) is 2.20. The van der Waals surface area contributed by atoms with E-state index in [-0.39, 0.29) is 0 Å². The van der Waals surface area contributed by atoms with Crippen molar-refractivity contribution in [1.29, 1.82) is 0 Å². The molecule has 0 bridgehead atoms. The fourth-order valence-corrected chi connectivity index (χ4v) is 2.70. The van der Waals surface area contributed by atoms with Crippen LogP contribution in [-0.4, -0.2) is 53.4 Å². The average molecular weight is 296 g/mol.